The largest absolute Gasteiger partial charge is 0.379 e. The third-order valence-electron chi connectivity index (χ3n) is 3.01. The summed E-state index contributed by atoms with van der Waals surface area (Å²) in [6, 6.07) is 0. The molecule has 20 heavy (non-hydrogen) atoms. The predicted molar refractivity (Wildman–Crippen MR) is 85.3 cm³/mol. The molecule has 1 aromatic heterocycles. The monoisotopic (exact) mass is 298 g/mol. The van der Waals surface area contributed by atoms with E-state index in [0.717, 1.165) is 17.5 Å². The lowest BCUT2D eigenvalue weighted by Crippen LogP contribution is -2.45. The number of rotatable bonds is 5. The van der Waals surface area contributed by atoms with Crippen molar-refractivity contribution < 1.29 is 4.74 Å². The fraction of sp³-hybridized carbons (Fsp3) is 0.714. The van der Waals surface area contributed by atoms with E-state index >= 15 is 0 Å². The molecule has 1 atom stereocenters. The van der Waals surface area contributed by atoms with E-state index in [-0.39, 0.29) is 11.5 Å². The molecule has 6 heteroatoms. The van der Waals surface area contributed by atoms with Gasteiger partial charge in [0.05, 0.1) is 12.6 Å². The summed E-state index contributed by atoms with van der Waals surface area (Å²) in [5, 5.41) is 7.62. The van der Waals surface area contributed by atoms with Crippen LogP contribution in [0.4, 0.5) is 0 Å². The highest BCUT2D eigenvalue weighted by atomic mass is 32.1. The molecule has 0 amide bonds. The molecule has 0 fully saturated rings. The summed E-state index contributed by atoms with van der Waals surface area (Å²) >= 11 is 1.69. The summed E-state index contributed by atoms with van der Waals surface area (Å²) in [7, 11) is 3.51. The smallest absolute Gasteiger partial charge is 0.191 e. The van der Waals surface area contributed by atoms with Crippen molar-refractivity contribution in [3.05, 3.63) is 16.1 Å². The second-order valence-corrected chi connectivity index (χ2v) is 7.08. The molecule has 0 saturated heterocycles. The number of nitrogens with one attached hydrogen (secondary N) is 2. The van der Waals surface area contributed by atoms with E-state index in [4.69, 9.17) is 4.74 Å². The van der Waals surface area contributed by atoms with Crippen LogP contribution >= 0.6 is 11.3 Å². The van der Waals surface area contributed by atoms with Crippen LogP contribution < -0.4 is 10.6 Å². The number of aryl methyl sites for hydroxylation is 1. The Morgan fingerprint density at radius 3 is 2.60 bits per heavy atom. The zero-order valence-electron chi connectivity index (χ0n) is 13.3. The van der Waals surface area contributed by atoms with Crippen LogP contribution in [0.1, 0.15) is 30.7 Å². The van der Waals surface area contributed by atoms with E-state index in [0.29, 0.717) is 6.54 Å². The first-order valence-corrected chi connectivity index (χ1v) is 7.57. The van der Waals surface area contributed by atoms with Gasteiger partial charge in [-0.05, 0) is 12.3 Å². The molecule has 0 spiro atoms. The van der Waals surface area contributed by atoms with E-state index in [1.54, 1.807) is 25.5 Å². The summed E-state index contributed by atoms with van der Waals surface area (Å²) in [6.45, 7) is 9.95. The van der Waals surface area contributed by atoms with Crippen molar-refractivity contribution in [1.82, 2.24) is 15.6 Å². The minimum absolute atomic E-state index is 0.0903. The zero-order chi connectivity index (χ0) is 15.2. The Labute approximate surface area is 125 Å². The molecule has 5 nitrogen and oxygen atoms in total. The molecule has 0 aliphatic carbocycles. The zero-order valence-corrected chi connectivity index (χ0v) is 14.1. The number of guanidine groups is 1. The van der Waals surface area contributed by atoms with Crippen molar-refractivity contribution in [3.63, 3.8) is 0 Å². The third kappa shape index (κ3) is 5.46. The quantitative estimate of drug-likeness (QED) is 0.646. The number of ether oxygens (including phenoxy) is 1. The standard InChI is InChI=1S/C14H26N4OS/c1-10-7-16-12(20-10)9-18-13(15-5)17-8-11(19-6)14(2,3)4/h7,11H,8-9H2,1-6H3,(H2,15,17,18). The maximum atomic E-state index is 5.52. The number of hydrogen-bond acceptors (Lipinski definition) is 4. The highest BCUT2D eigenvalue weighted by molar-refractivity contribution is 7.11. The van der Waals surface area contributed by atoms with Crippen molar-refractivity contribution in [2.45, 2.75) is 40.3 Å². The van der Waals surface area contributed by atoms with E-state index < -0.39 is 0 Å². The first-order valence-electron chi connectivity index (χ1n) is 6.75. The van der Waals surface area contributed by atoms with Gasteiger partial charge in [-0.2, -0.15) is 0 Å². The molecule has 2 N–H and O–H groups in total. The molecule has 1 aromatic rings. The van der Waals surface area contributed by atoms with E-state index in [9.17, 15) is 0 Å². The second kappa shape index (κ2) is 7.59. The van der Waals surface area contributed by atoms with Gasteiger partial charge in [0.25, 0.3) is 0 Å². The number of hydrogen-bond donors (Lipinski definition) is 2. The van der Waals surface area contributed by atoms with Gasteiger partial charge in [0.2, 0.25) is 0 Å². The maximum absolute atomic E-state index is 5.52. The molecule has 0 aliphatic rings. The van der Waals surface area contributed by atoms with Crippen LogP contribution in [0.25, 0.3) is 0 Å². The molecular formula is C14H26N4OS. The number of methoxy groups -OCH3 is 1. The lowest BCUT2D eigenvalue weighted by atomic mass is 9.89. The summed E-state index contributed by atoms with van der Waals surface area (Å²) in [4.78, 5) is 9.75. The molecule has 114 valence electrons. The minimum Gasteiger partial charge on any atom is -0.379 e. The summed E-state index contributed by atoms with van der Waals surface area (Å²) in [5.74, 6) is 0.768. The van der Waals surface area contributed by atoms with Crippen LogP contribution in [0.5, 0.6) is 0 Å². The fourth-order valence-electron chi connectivity index (χ4n) is 1.80. The molecule has 0 saturated carbocycles. The Balaban J connectivity index is 2.44. The maximum Gasteiger partial charge on any atom is 0.191 e. The van der Waals surface area contributed by atoms with Crippen molar-refractivity contribution >= 4 is 17.3 Å². The highest BCUT2D eigenvalue weighted by Gasteiger charge is 2.24. The topological polar surface area (TPSA) is 58.5 Å². The SMILES string of the molecule is CN=C(NCc1ncc(C)s1)NCC(OC)C(C)(C)C. The van der Waals surface area contributed by atoms with Crippen molar-refractivity contribution in [2.24, 2.45) is 10.4 Å². The van der Waals surface area contributed by atoms with Crippen molar-refractivity contribution in [3.8, 4) is 0 Å². The number of nitrogens with zero attached hydrogens (tertiary/aromatic N) is 2. The number of aromatic nitrogens is 1. The van der Waals surface area contributed by atoms with Gasteiger partial charge in [-0.25, -0.2) is 4.98 Å². The molecule has 1 unspecified atom stereocenters. The Bertz CT molecular complexity index is 437. The van der Waals surface area contributed by atoms with Crippen LogP contribution in [-0.4, -0.2) is 37.7 Å². The predicted octanol–water partition coefficient (Wildman–Crippen LogP) is 2.18. The first kappa shape index (κ1) is 16.9. The molecule has 0 aliphatic heterocycles. The lowest BCUT2D eigenvalue weighted by Gasteiger charge is -2.30. The highest BCUT2D eigenvalue weighted by Crippen LogP contribution is 2.20. The molecule has 1 rings (SSSR count). The molecule has 0 radical (unpaired) electrons. The van der Waals surface area contributed by atoms with Crippen LogP contribution in [0.3, 0.4) is 0 Å². The van der Waals surface area contributed by atoms with E-state index in [1.807, 2.05) is 6.20 Å². The van der Waals surface area contributed by atoms with E-state index in [1.165, 1.54) is 4.88 Å². The molecular weight excluding hydrogens is 272 g/mol. The number of thiazole rings is 1. The summed E-state index contributed by atoms with van der Waals surface area (Å²) in [5.41, 5.74) is 0.0903. The van der Waals surface area contributed by atoms with E-state index in [2.05, 4.69) is 48.3 Å². The van der Waals surface area contributed by atoms with Crippen LogP contribution in [0.15, 0.2) is 11.2 Å². The van der Waals surface area contributed by atoms with Gasteiger partial charge in [-0.3, -0.25) is 4.99 Å². The van der Waals surface area contributed by atoms with Gasteiger partial charge in [0, 0.05) is 31.8 Å². The summed E-state index contributed by atoms with van der Waals surface area (Å²) < 4.78 is 5.52. The Morgan fingerprint density at radius 2 is 2.15 bits per heavy atom. The van der Waals surface area contributed by atoms with Gasteiger partial charge in [0.1, 0.15) is 5.01 Å². The van der Waals surface area contributed by atoms with Gasteiger partial charge in [-0.15, -0.1) is 11.3 Å². The van der Waals surface area contributed by atoms with Crippen LogP contribution in [0, 0.1) is 12.3 Å². The number of aliphatic imine (C=N–C) groups is 1. The summed E-state index contributed by atoms with van der Waals surface area (Å²) in [6.07, 6.45) is 2.02. The molecule has 0 aromatic carbocycles. The van der Waals surface area contributed by atoms with Crippen LogP contribution in [0.2, 0.25) is 0 Å². The normalized spacial score (nSPS) is 14.2. The van der Waals surface area contributed by atoms with Gasteiger partial charge in [0.15, 0.2) is 5.96 Å². The van der Waals surface area contributed by atoms with Crippen molar-refractivity contribution in [2.75, 3.05) is 20.7 Å². The Morgan fingerprint density at radius 1 is 1.45 bits per heavy atom. The van der Waals surface area contributed by atoms with Gasteiger partial charge < -0.3 is 15.4 Å². The average Bonchev–Trinajstić information content (AvgIpc) is 2.78. The van der Waals surface area contributed by atoms with Gasteiger partial charge in [-0.1, -0.05) is 20.8 Å². The molecule has 1 heterocycles. The average molecular weight is 298 g/mol. The second-order valence-electron chi connectivity index (χ2n) is 5.76. The Kier molecular flexibility index (Phi) is 6.42. The van der Waals surface area contributed by atoms with Crippen molar-refractivity contribution in [1.29, 1.82) is 0 Å². The van der Waals surface area contributed by atoms with Crippen LogP contribution in [-0.2, 0) is 11.3 Å². The fourth-order valence-corrected chi connectivity index (χ4v) is 2.52. The molecule has 0 bridgehead atoms. The first-order chi connectivity index (χ1) is 9.36. The minimum atomic E-state index is 0.0903. The Hall–Kier alpha value is -1.14. The third-order valence-corrected chi connectivity index (χ3v) is 3.92. The van der Waals surface area contributed by atoms with Gasteiger partial charge >= 0.3 is 0 Å². The lowest BCUT2D eigenvalue weighted by molar-refractivity contribution is 0.0205.